The summed E-state index contributed by atoms with van der Waals surface area (Å²) in [4.78, 5) is 22.6. The third kappa shape index (κ3) is 5.47. The zero-order valence-corrected chi connectivity index (χ0v) is 19.0. The summed E-state index contributed by atoms with van der Waals surface area (Å²) < 4.78 is 47.5. The second kappa shape index (κ2) is 10.6. The van der Waals surface area contributed by atoms with Crippen molar-refractivity contribution in [3.05, 3.63) is 48.9 Å². The summed E-state index contributed by atoms with van der Waals surface area (Å²) >= 11 is 0. The van der Waals surface area contributed by atoms with Gasteiger partial charge in [0.1, 0.15) is 24.7 Å². The Morgan fingerprint density at radius 3 is 2.81 bits per heavy atom. The Bertz CT molecular complexity index is 1430. The van der Waals surface area contributed by atoms with E-state index in [1.807, 2.05) is 18.5 Å². The molecule has 0 spiro atoms. The molecular formula is C22H19F4N9O2. The van der Waals surface area contributed by atoms with Gasteiger partial charge in [-0.2, -0.15) is 28.6 Å². The van der Waals surface area contributed by atoms with Crippen LogP contribution in [0.25, 0.3) is 22.3 Å². The van der Waals surface area contributed by atoms with Crippen molar-refractivity contribution in [3.63, 3.8) is 0 Å². The van der Waals surface area contributed by atoms with Crippen molar-refractivity contribution in [1.82, 2.24) is 34.9 Å². The number of fused-ring (bicyclic) bond motifs is 1. The number of anilines is 1. The largest absolute Gasteiger partial charge is 0.490 e. The predicted octanol–water partition coefficient (Wildman–Crippen LogP) is 3.15. The van der Waals surface area contributed by atoms with Crippen LogP contribution in [0.2, 0.25) is 0 Å². The molecule has 4 aromatic heterocycles. The Hall–Kier alpha value is -4.61. The van der Waals surface area contributed by atoms with Crippen LogP contribution in [0.5, 0.6) is 0 Å². The third-order valence-electron chi connectivity index (χ3n) is 5.88. The maximum atomic E-state index is 14.1. The molecule has 5 rings (SSSR count). The quantitative estimate of drug-likeness (QED) is 0.381. The maximum Gasteiger partial charge on any atom is 0.490 e. The normalized spacial score (nSPS) is 16.2. The molecule has 0 amide bonds. The summed E-state index contributed by atoms with van der Waals surface area (Å²) in [5, 5.41) is 29.4. The fourth-order valence-electron chi connectivity index (χ4n) is 4.14. The summed E-state index contributed by atoms with van der Waals surface area (Å²) in [7, 11) is 0. The Morgan fingerprint density at radius 2 is 2.11 bits per heavy atom. The van der Waals surface area contributed by atoms with Crippen molar-refractivity contribution in [1.29, 1.82) is 5.26 Å². The van der Waals surface area contributed by atoms with E-state index in [2.05, 4.69) is 41.2 Å². The number of aromatic amines is 1. The summed E-state index contributed by atoms with van der Waals surface area (Å²) in [6, 6.07) is 5.37. The second-order valence-electron chi connectivity index (χ2n) is 8.07. The highest BCUT2D eigenvalue weighted by Crippen LogP contribution is 2.33. The number of aromatic nitrogens is 7. The molecule has 11 nitrogen and oxygen atoms in total. The SMILES string of the molecule is N#Cc1nnccc1N1CC[C@H](C(CF)n2cc(-c3ncnc4[nH]ccc34)cn2)C1.O=C(O)C(F)(F)F. The van der Waals surface area contributed by atoms with E-state index >= 15 is 0 Å². The Morgan fingerprint density at radius 1 is 1.32 bits per heavy atom. The zero-order chi connectivity index (χ0) is 26.6. The first-order valence-corrected chi connectivity index (χ1v) is 10.9. The van der Waals surface area contributed by atoms with E-state index in [9.17, 15) is 22.8 Å². The number of alkyl halides is 4. The number of aliphatic carboxylic acids is 1. The monoisotopic (exact) mass is 517 g/mol. The lowest BCUT2D eigenvalue weighted by molar-refractivity contribution is -0.192. The number of nitrogens with one attached hydrogen (secondary N) is 1. The van der Waals surface area contributed by atoms with Gasteiger partial charge < -0.3 is 15.0 Å². The lowest BCUT2D eigenvalue weighted by Gasteiger charge is -2.23. The molecule has 15 heteroatoms. The van der Waals surface area contributed by atoms with Crippen LogP contribution < -0.4 is 4.90 Å². The molecule has 0 radical (unpaired) electrons. The van der Waals surface area contributed by atoms with Crippen LogP contribution in [0.3, 0.4) is 0 Å². The smallest absolute Gasteiger partial charge is 0.475 e. The molecule has 5 heterocycles. The number of carbonyl (C=O) groups is 1. The number of hydrogen-bond acceptors (Lipinski definition) is 8. The van der Waals surface area contributed by atoms with Gasteiger partial charge >= 0.3 is 12.1 Å². The van der Waals surface area contributed by atoms with Gasteiger partial charge in [-0.3, -0.25) is 4.68 Å². The van der Waals surface area contributed by atoms with Gasteiger partial charge in [-0.15, -0.1) is 5.10 Å². The molecule has 1 fully saturated rings. The van der Waals surface area contributed by atoms with E-state index < -0.39 is 24.9 Å². The summed E-state index contributed by atoms with van der Waals surface area (Å²) in [5.41, 5.74) is 3.36. The topological polar surface area (TPSA) is 150 Å². The minimum atomic E-state index is -5.08. The van der Waals surface area contributed by atoms with Gasteiger partial charge in [0.15, 0.2) is 5.69 Å². The summed E-state index contributed by atoms with van der Waals surface area (Å²) in [6.07, 6.45) is 4.16. The third-order valence-corrected chi connectivity index (χ3v) is 5.88. The van der Waals surface area contributed by atoms with Gasteiger partial charge in [0.05, 0.1) is 29.8 Å². The molecule has 0 aliphatic carbocycles. The first kappa shape index (κ1) is 25.5. The lowest BCUT2D eigenvalue weighted by Crippen LogP contribution is -2.26. The van der Waals surface area contributed by atoms with Crippen LogP contribution in [0.15, 0.2) is 43.2 Å². The van der Waals surface area contributed by atoms with Crippen LogP contribution in [0.4, 0.5) is 23.2 Å². The number of carboxylic acids is 1. The molecule has 2 N–H and O–H groups in total. The van der Waals surface area contributed by atoms with Crippen LogP contribution in [0, 0.1) is 17.2 Å². The van der Waals surface area contributed by atoms with Crippen molar-refractivity contribution in [2.75, 3.05) is 24.7 Å². The number of H-pyrrole nitrogens is 1. The number of halogens is 4. The minimum absolute atomic E-state index is 0.0557. The summed E-state index contributed by atoms with van der Waals surface area (Å²) in [6.45, 7) is 0.827. The average Bonchev–Trinajstić information content (AvgIpc) is 3.65. The first-order valence-electron chi connectivity index (χ1n) is 10.9. The highest BCUT2D eigenvalue weighted by molar-refractivity contribution is 5.90. The van der Waals surface area contributed by atoms with Crippen molar-refractivity contribution in [2.24, 2.45) is 5.92 Å². The van der Waals surface area contributed by atoms with Gasteiger partial charge in [-0.05, 0) is 18.6 Å². The molecule has 0 aromatic carbocycles. The number of rotatable bonds is 5. The maximum absolute atomic E-state index is 14.1. The molecule has 4 aromatic rings. The zero-order valence-electron chi connectivity index (χ0n) is 19.0. The fraction of sp³-hybridized carbons (Fsp3) is 0.318. The lowest BCUT2D eigenvalue weighted by atomic mass is 10.00. The molecule has 192 valence electrons. The van der Waals surface area contributed by atoms with Gasteiger partial charge in [0.25, 0.3) is 0 Å². The van der Waals surface area contributed by atoms with Gasteiger partial charge in [0, 0.05) is 42.4 Å². The highest BCUT2D eigenvalue weighted by Gasteiger charge is 2.38. The van der Waals surface area contributed by atoms with Crippen LogP contribution >= 0.6 is 0 Å². The van der Waals surface area contributed by atoms with E-state index in [1.54, 1.807) is 23.1 Å². The minimum Gasteiger partial charge on any atom is -0.475 e. The highest BCUT2D eigenvalue weighted by atomic mass is 19.4. The molecule has 1 aliphatic heterocycles. The fourth-order valence-corrected chi connectivity index (χ4v) is 4.14. The van der Waals surface area contributed by atoms with E-state index in [-0.39, 0.29) is 11.6 Å². The van der Waals surface area contributed by atoms with E-state index in [4.69, 9.17) is 9.90 Å². The predicted molar refractivity (Wildman–Crippen MR) is 121 cm³/mol. The van der Waals surface area contributed by atoms with Gasteiger partial charge in [-0.25, -0.2) is 19.2 Å². The number of carboxylic acid groups (broad SMARTS) is 1. The van der Waals surface area contributed by atoms with Crippen molar-refractivity contribution in [3.8, 4) is 17.3 Å². The average molecular weight is 517 g/mol. The molecular weight excluding hydrogens is 498 g/mol. The Labute approximate surface area is 206 Å². The Balaban J connectivity index is 0.000000405. The van der Waals surface area contributed by atoms with Crippen molar-refractivity contribution >= 4 is 22.7 Å². The summed E-state index contributed by atoms with van der Waals surface area (Å²) in [5.74, 6) is -2.70. The molecule has 37 heavy (non-hydrogen) atoms. The van der Waals surface area contributed by atoms with Crippen LogP contribution in [0.1, 0.15) is 18.2 Å². The molecule has 1 saturated heterocycles. The Kier molecular flexibility index (Phi) is 7.27. The molecule has 0 bridgehead atoms. The van der Waals surface area contributed by atoms with Gasteiger partial charge in [-0.1, -0.05) is 0 Å². The number of nitrogens with zero attached hydrogens (tertiary/aromatic N) is 8. The van der Waals surface area contributed by atoms with E-state index in [0.717, 1.165) is 40.9 Å². The number of hydrogen-bond donors (Lipinski definition) is 2. The van der Waals surface area contributed by atoms with Crippen LogP contribution in [-0.2, 0) is 4.79 Å². The first-order chi connectivity index (χ1) is 17.7. The van der Waals surface area contributed by atoms with Gasteiger partial charge in [0.2, 0.25) is 0 Å². The standard InChI is InChI=1S/C20H18FN9.C2HF3O2/c21-7-18(13-3-6-29(10-13)17-2-5-26-28-16(17)8-22)30-11-14(9-27-30)19-15-1-4-23-20(15)25-12-24-19;3-2(4,5)1(6)7/h1-2,4-5,9,11-13,18H,3,6-7,10H2,(H,23,24,25);(H,6,7)/t13-,18?;/m0./s1. The van der Waals surface area contributed by atoms with Crippen molar-refractivity contribution < 1.29 is 27.5 Å². The molecule has 2 atom stereocenters. The van der Waals surface area contributed by atoms with Crippen LogP contribution in [-0.4, -0.2) is 71.9 Å². The molecule has 0 saturated carbocycles. The molecule has 1 unspecified atom stereocenters. The van der Waals surface area contributed by atoms with E-state index in [1.165, 1.54) is 6.33 Å². The molecule has 1 aliphatic rings. The van der Waals surface area contributed by atoms with E-state index in [0.29, 0.717) is 6.54 Å². The second-order valence-corrected chi connectivity index (χ2v) is 8.07. The number of nitriles is 1. The van der Waals surface area contributed by atoms with Crippen molar-refractivity contribution in [2.45, 2.75) is 18.6 Å².